The van der Waals surface area contributed by atoms with Crippen LogP contribution in [0.15, 0.2) is 77.7 Å². The first-order chi connectivity index (χ1) is 11.9. The molecule has 0 aliphatic rings. The van der Waals surface area contributed by atoms with Gasteiger partial charge in [-0.25, -0.2) is 0 Å². The quantitative estimate of drug-likeness (QED) is 0.556. The van der Waals surface area contributed by atoms with E-state index in [9.17, 15) is 13.2 Å². The molecule has 0 spiro atoms. The lowest BCUT2D eigenvalue weighted by molar-refractivity contribution is -0.0980. The molecule has 25 heavy (non-hydrogen) atoms. The van der Waals surface area contributed by atoms with Crippen LogP contribution in [0.25, 0.3) is 10.8 Å². The van der Waals surface area contributed by atoms with Crippen LogP contribution in [0, 0.1) is 0 Å². The highest BCUT2D eigenvalue weighted by Gasteiger charge is 2.12. The van der Waals surface area contributed by atoms with Gasteiger partial charge >= 0.3 is 0 Å². The number of ketones is 1. The smallest absolute Gasteiger partial charge is 0.295 e. The Morgan fingerprint density at radius 2 is 1.36 bits per heavy atom. The van der Waals surface area contributed by atoms with E-state index in [2.05, 4.69) is 0 Å². The number of carbonyl (C=O) groups excluding carboxylic acids is 2. The van der Waals surface area contributed by atoms with E-state index >= 15 is 0 Å². The van der Waals surface area contributed by atoms with Gasteiger partial charge in [0.2, 0.25) is 0 Å². The fourth-order valence-electron chi connectivity index (χ4n) is 2.09. The summed E-state index contributed by atoms with van der Waals surface area (Å²) in [5.74, 6) is 0.121. The Hall–Kier alpha value is -2.83. The van der Waals surface area contributed by atoms with E-state index in [1.165, 1.54) is 6.07 Å². The molecule has 0 amide bonds. The number of carbonyl (C=O) groups is 2. The average molecular weight is 358 g/mol. The predicted molar refractivity (Wildman–Crippen MR) is 97.3 cm³/mol. The van der Waals surface area contributed by atoms with E-state index in [1.807, 2.05) is 43.2 Å². The Balaban J connectivity index is 0.000000246. The molecule has 0 fully saturated rings. The van der Waals surface area contributed by atoms with Crippen LogP contribution in [0.1, 0.15) is 17.3 Å². The molecular formula is C19H18O5S. The van der Waals surface area contributed by atoms with Crippen molar-refractivity contribution >= 4 is 33.5 Å². The number of benzene rings is 3. The molecule has 5 nitrogen and oxygen atoms in total. The second kappa shape index (κ2) is 9.46. The minimum Gasteiger partial charge on any atom is -0.307 e. The molecule has 6 heteroatoms. The lowest BCUT2D eigenvalue weighted by Gasteiger charge is -2.02. The zero-order valence-corrected chi connectivity index (χ0v) is 14.4. The van der Waals surface area contributed by atoms with Crippen molar-refractivity contribution in [3.63, 3.8) is 0 Å². The fraction of sp³-hybridized carbons (Fsp3) is 0.0526. The number of Topliss-reactive ketones (excluding diaryl/α,β-unsaturated/α-hetero) is 1. The van der Waals surface area contributed by atoms with E-state index in [1.54, 1.807) is 37.3 Å². The highest BCUT2D eigenvalue weighted by molar-refractivity contribution is 7.86. The van der Waals surface area contributed by atoms with Gasteiger partial charge in [0, 0.05) is 10.9 Å². The Morgan fingerprint density at radius 1 is 0.840 bits per heavy atom. The van der Waals surface area contributed by atoms with E-state index < -0.39 is 10.1 Å². The molecule has 1 N–H and O–H groups in total. The van der Waals surface area contributed by atoms with Gasteiger partial charge < -0.3 is 4.79 Å². The summed E-state index contributed by atoms with van der Waals surface area (Å²) in [6.45, 7) is 3.56. The van der Waals surface area contributed by atoms with Crippen molar-refractivity contribution in [3.8, 4) is 0 Å². The first-order valence-corrected chi connectivity index (χ1v) is 8.63. The summed E-state index contributed by atoms with van der Waals surface area (Å²) in [4.78, 5) is 18.6. The first-order valence-electron chi connectivity index (χ1n) is 7.19. The maximum absolute atomic E-state index is 11.0. The molecular weight excluding hydrogens is 340 g/mol. The van der Waals surface area contributed by atoms with Gasteiger partial charge in [-0.2, -0.15) is 8.42 Å². The van der Waals surface area contributed by atoms with Crippen LogP contribution in [0.4, 0.5) is 0 Å². The maximum atomic E-state index is 11.0. The monoisotopic (exact) mass is 358 g/mol. The van der Waals surface area contributed by atoms with E-state index in [4.69, 9.17) is 9.35 Å². The molecule has 0 heterocycles. The molecule has 3 aromatic rings. The predicted octanol–water partition coefficient (Wildman–Crippen LogP) is 3.79. The molecule has 3 rings (SSSR count). The van der Waals surface area contributed by atoms with Gasteiger partial charge in [0.25, 0.3) is 10.1 Å². The minimum absolute atomic E-state index is 0.0457. The standard InChI is InChI=1S/C10H8O3S.C8H8O.CH2O/c11-14(12,13)10-7-3-5-8-4-1-2-6-9(8)10;1-7(9)8-5-3-2-4-6-8;1-2/h1-7H,(H,11,12,13);2-6H,1H3;1H2. The topological polar surface area (TPSA) is 88.5 Å². The summed E-state index contributed by atoms with van der Waals surface area (Å²) in [6, 6.07) is 21.0. The fourth-order valence-corrected chi connectivity index (χ4v) is 2.81. The van der Waals surface area contributed by atoms with Crippen molar-refractivity contribution in [3.05, 3.63) is 78.4 Å². The summed E-state index contributed by atoms with van der Waals surface area (Å²) in [5.41, 5.74) is 0.775. The van der Waals surface area contributed by atoms with Crippen molar-refractivity contribution in [2.75, 3.05) is 0 Å². The molecule has 0 aromatic heterocycles. The summed E-state index contributed by atoms with van der Waals surface area (Å²) in [7, 11) is -4.13. The molecule has 0 saturated carbocycles. The van der Waals surface area contributed by atoms with Crippen LogP contribution in [-0.2, 0) is 14.9 Å². The van der Waals surface area contributed by atoms with Crippen LogP contribution in [0.2, 0.25) is 0 Å². The van der Waals surface area contributed by atoms with Gasteiger partial charge in [-0.1, -0.05) is 66.7 Å². The van der Waals surface area contributed by atoms with Gasteiger partial charge in [-0.3, -0.25) is 9.35 Å². The summed E-state index contributed by atoms with van der Waals surface area (Å²) in [6.07, 6.45) is 0. The molecule has 0 unspecified atom stereocenters. The number of fused-ring (bicyclic) bond motifs is 1. The first kappa shape index (κ1) is 20.2. The molecule has 3 aromatic carbocycles. The largest absolute Gasteiger partial charge is 0.307 e. The molecule has 0 aliphatic carbocycles. The second-order valence-corrected chi connectivity index (χ2v) is 6.26. The zero-order chi connectivity index (χ0) is 18.9. The van der Waals surface area contributed by atoms with Crippen LogP contribution < -0.4 is 0 Å². The molecule has 0 bridgehead atoms. The zero-order valence-electron chi connectivity index (χ0n) is 13.6. The van der Waals surface area contributed by atoms with Crippen LogP contribution >= 0.6 is 0 Å². The Morgan fingerprint density at radius 3 is 1.88 bits per heavy atom. The number of rotatable bonds is 2. The number of hydrogen-bond donors (Lipinski definition) is 1. The summed E-state index contributed by atoms with van der Waals surface area (Å²) < 4.78 is 31.0. The van der Waals surface area contributed by atoms with Gasteiger partial charge in [-0.05, 0) is 18.4 Å². The molecule has 130 valence electrons. The normalized spacial score (nSPS) is 10.0. The SMILES string of the molecule is C=O.CC(=O)c1ccccc1.O=S(=O)(O)c1cccc2ccccc12. The third-order valence-electron chi connectivity index (χ3n) is 3.21. The van der Waals surface area contributed by atoms with Gasteiger partial charge in [-0.15, -0.1) is 0 Å². The molecule has 0 saturated heterocycles. The highest BCUT2D eigenvalue weighted by Crippen LogP contribution is 2.21. The number of hydrogen-bond acceptors (Lipinski definition) is 4. The third-order valence-corrected chi connectivity index (χ3v) is 4.12. The van der Waals surface area contributed by atoms with E-state index in [0.717, 1.165) is 10.9 Å². The lowest BCUT2D eigenvalue weighted by Crippen LogP contribution is -1.98. The minimum atomic E-state index is -4.13. The Kier molecular flexibility index (Phi) is 7.65. The second-order valence-electron chi connectivity index (χ2n) is 4.87. The Bertz CT molecular complexity index is 929. The van der Waals surface area contributed by atoms with E-state index in [-0.39, 0.29) is 10.7 Å². The molecule has 0 radical (unpaired) electrons. The average Bonchev–Trinajstić information content (AvgIpc) is 2.63. The van der Waals surface area contributed by atoms with Crippen LogP contribution in [-0.4, -0.2) is 25.5 Å². The van der Waals surface area contributed by atoms with Crippen molar-refractivity contribution in [1.29, 1.82) is 0 Å². The van der Waals surface area contributed by atoms with Crippen LogP contribution in [0.3, 0.4) is 0 Å². The van der Waals surface area contributed by atoms with Crippen molar-refractivity contribution < 1.29 is 22.6 Å². The third kappa shape index (κ3) is 5.95. The van der Waals surface area contributed by atoms with Gasteiger partial charge in [0.15, 0.2) is 5.78 Å². The van der Waals surface area contributed by atoms with Crippen molar-refractivity contribution in [2.45, 2.75) is 11.8 Å². The summed E-state index contributed by atoms with van der Waals surface area (Å²) in [5, 5.41) is 1.33. The van der Waals surface area contributed by atoms with Crippen LogP contribution in [0.5, 0.6) is 0 Å². The van der Waals surface area contributed by atoms with Gasteiger partial charge in [0.1, 0.15) is 11.7 Å². The lowest BCUT2D eigenvalue weighted by atomic mass is 10.1. The molecule has 0 aliphatic heterocycles. The maximum Gasteiger partial charge on any atom is 0.295 e. The van der Waals surface area contributed by atoms with Crippen molar-refractivity contribution in [1.82, 2.24) is 0 Å². The Labute approximate surface area is 146 Å². The van der Waals surface area contributed by atoms with Crippen molar-refractivity contribution in [2.24, 2.45) is 0 Å². The highest BCUT2D eigenvalue weighted by atomic mass is 32.2. The summed E-state index contributed by atoms with van der Waals surface area (Å²) >= 11 is 0. The molecule has 0 atom stereocenters. The van der Waals surface area contributed by atoms with E-state index in [0.29, 0.717) is 5.39 Å². The van der Waals surface area contributed by atoms with Gasteiger partial charge in [0.05, 0.1) is 0 Å².